The minimum absolute atomic E-state index is 0.0495. The third-order valence-electron chi connectivity index (χ3n) is 6.54. The average Bonchev–Trinajstić information content (AvgIpc) is 3.18. The third kappa shape index (κ3) is 4.49. The molecule has 2 aromatic carbocycles. The predicted octanol–water partition coefficient (Wildman–Crippen LogP) is 5.36. The Kier molecular flexibility index (Phi) is 6.31. The monoisotopic (exact) mass is 481 g/mol. The molecule has 0 spiro atoms. The largest absolute Gasteiger partial charge is 0.494 e. The number of carbonyl (C=O) groups is 1. The van der Waals surface area contributed by atoms with E-state index in [0.29, 0.717) is 25.5 Å². The summed E-state index contributed by atoms with van der Waals surface area (Å²) in [7, 11) is 0. The summed E-state index contributed by atoms with van der Waals surface area (Å²) in [4.78, 5) is 24.9. The number of aromatic nitrogens is 4. The summed E-state index contributed by atoms with van der Waals surface area (Å²) in [5.41, 5.74) is 6.91. The highest BCUT2D eigenvalue weighted by Gasteiger charge is 2.38. The van der Waals surface area contributed by atoms with Crippen molar-refractivity contribution < 1.29 is 9.53 Å². The maximum atomic E-state index is 13.7. The first-order valence-electron chi connectivity index (χ1n) is 12.3. The van der Waals surface area contributed by atoms with E-state index in [9.17, 15) is 4.79 Å². The number of carbonyl (C=O) groups excluding carboxylic acids is 1. The number of rotatable bonds is 6. The summed E-state index contributed by atoms with van der Waals surface area (Å²) >= 11 is 0. The number of hydrogen-bond donors (Lipinski definition) is 0. The van der Waals surface area contributed by atoms with Gasteiger partial charge in [-0.25, -0.2) is 9.97 Å². The first-order chi connectivity index (χ1) is 17.3. The van der Waals surface area contributed by atoms with Crippen LogP contribution in [-0.2, 0) is 11.3 Å². The zero-order valence-corrected chi connectivity index (χ0v) is 21.4. The smallest absolute Gasteiger partial charge is 0.252 e. The van der Waals surface area contributed by atoms with E-state index in [0.717, 1.165) is 50.9 Å². The van der Waals surface area contributed by atoms with E-state index in [-0.39, 0.29) is 11.8 Å². The molecule has 184 valence electrons. The molecule has 2 aromatic heterocycles. The van der Waals surface area contributed by atoms with Gasteiger partial charge in [-0.05, 0) is 63.9 Å². The lowest BCUT2D eigenvalue weighted by Crippen LogP contribution is -2.38. The van der Waals surface area contributed by atoms with Gasteiger partial charge in [0.25, 0.3) is 5.95 Å². The number of nitrogens with zero attached hydrogens (tertiary/aromatic N) is 5. The molecule has 7 nitrogen and oxygen atoms in total. The van der Waals surface area contributed by atoms with E-state index < -0.39 is 0 Å². The molecule has 0 bridgehead atoms. The highest BCUT2D eigenvalue weighted by atomic mass is 16.5. The van der Waals surface area contributed by atoms with Gasteiger partial charge < -0.3 is 4.74 Å². The van der Waals surface area contributed by atoms with Gasteiger partial charge in [-0.3, -0.25) is 9.69 Å². The Labute approximate surface area is 211 Å². The Morgan fingerprint density at radius 1 is 0.972 bits per heavy atom. The molecule has 1 unspecified atom stereocenters. The number of aryl methyl sites for hydroxylation is 4. The number of hydrogen-bond acceptors (Lipinski definition) is 5. The van der Waals surface area contributed by atoms with Gasteiger partial charge in [0.15, 0.2) is 0 Å². The van der Waals surface area contributed by atoms with Crippen LogP contribution in [0.4, 0.5) is 5.82 Å². The van der Waals surface area contributed by atoms with E-state index in [2.05, 4.69) is 35.1 Å². The first-order valence-corrected chi connectivity index (χ1v) is 12.3. The van der Waals surface area contributed by atoms with Crippen molar-refractivity contribution in [3.63, 3.8) is 0 Å². The lowest BCUT2D eigenvalue weighted by atomic mass is 9.85. The van der Waals surface area contributed by atoms with Gasteiger partial charge >= 0.3 is 0 Å². The van der Waals surface area contributed by atoms with Crippen LogP contribution in [0.5, 0.6) is 5.75 Å². The van der Waals surface area contributed by atoms with E-state index in [4.69, 9.17) is 9.84 Å². The Morgan fingerprint density at radius 3 is 2.36 bits per heavy atom. The van der Waals surface area contributed by atoms with Crippen LogP contribution in [0.3, 0.4) is 0 Å². The average molecular weight is 482 g/mol. The molecule has 4 aromatic rings. The van der Waals surface area contributed by atoms with Crippen molar-refractivity contribution in [1.29, 1.82) is 0 Å². The molecule has 5 rings (SSSR count). The second kappa shape index (κ2) is 9.57. The van der Waals surface area contributed by atoms with Crippen LogP contribution >= 0.6 is 0 Å². The second-order valence-electron chi connectivity index (χ2n) is 9.41. The van der Waals surface area contributed by atoms with Crippen molar-refractivity contribution in [1.82, 2.24) is 19.7 Å². The maximum Gasteiger partial charge on any atom is 0.252 e. The lowest BCUT2D eigenvalue weighted by Gasteiger charge is -2.33. The number of amides is 1. The van der Waals surface area contributed by atoms with Gasteiger partial charge in [0.05, 0.1) is 18.8 Å². The Balaban J connectivity index is 1.67. The summed E-state index contributed by atoms with van der Waals surface area (Å²) in [5.74, 6) is 1.98. The minimum atomic E-state index is -0.114. The van der Waals surface area contributed by atoms with Gasteiger partial charge in [-0.1, -0.05) is 42.0 Å². The molecular weight excluding hydrogens is 450 g/mol. The van der Waals surface area contributed by atoms with Gasteiger partial charge in [-0.2, -0.15) is 9.78 Å². The minimum Gasteiger partial charge on any atom is -0.494 e. The quantitative estimate of drug-likeness (QED) is 0.371. The first kappa shape index (κ1) is 23.7. The number of ether oxygens (including phenoxy) is 1. The Morgan fingerprint density at radius 2 is 1.69 bits per heavy atom. The number of fused-ring (bicyclic) bond motifs is 1. The SMILES string of the molecule is CCOc1ccc(C2CC(=O)N(Cc3cccc(C)c3)c3c2c(C)nn3-c2nc(C)cc(C)n2)cc1. The Hall–Kier alpha value is -4.00. The van der Waals surface area contributed by atoms with Crippen LogP contribution in [0.1, 0.15) is 58.6 Å². The van der Waals surface area contributed by atoms with Crippen molar-refractivity contribution in [2.24, 2.45) is 0 Å². The van der Waals surface area contributed by atoms with Crippen LogP contribution in [0.25, 0.3) is 5.95 Å². The van der Waals surface area contributed by atoms with E-state index in [1.807, 2.05) is 69.0 Å². The summed E-state index contributed by atoms with van der Waals surface area (Å²) in [6, 6.07) is 18.2. The number of benzene rings is 2. The highest BCUT2D eigenvalue weighted by molar-refractivity contribution is 5.97. The molecule has 0 N–H and O–H groups in total. The van der Waals surface area contributed by atoms with Gasteiger partial charge in [0.1, 0.15) is 11.6 Å². The molecule has 1 atom stereocenters. The van der Waals surface area contributed by atoms with Crippen LogP contribution < -0.4 is 9.64 Å². The van der Waals surface area contributed by atoms with Crippen LogP contribution in [0.15, 0.2) is 54.6 Å². The summed E-state index contributed by atoms with van der Waals surface area (Å²) in [5, 5.41) is 4.88. The van der Waals surface area contributed by atoms with E-state index >= 15 is 0 Å². The van der Waals surface area contributed by atoms with Crippen LogP contribution in [-0.4, -0.2) is 32.3 Å². The highest BCUT2D eigenvalue weighted by Crippen LogP contribution is 2.43. The molecule has 36 heavy (non-hydrogen) atoms. The molecule has 1 aliphatic heterocycles. The molecule has 0 saturated heterocycles. The molecular formula is C29H31N5O2. The molecule has 0 fully saturated rings. The van der Waals surface area contributed by atoms with Crippen molar-refractivity contribution >= 4 is 11.7 Å². The normalized spacial score (nSPS) is 15.2. The standard InChI is InChI=1S/C29H31N5O2/c1-6-36-24-12-10-23(11-13-24)25-16-26(35)33(17-22-9-7-8-18(2)14-22)28-27(25)21(5)32-34(28)29-30-19(3)15-20(4)31-29/h7-15,25H,6,16-17H2,1-5H3. The van der Waals surface area contributed by atoms with E-state index in [1.165, 1.54) is 0 Å². The topological polar surface area (TPSA) is 73.1 Å². The number of anilines is 1. The van der Waals surface area contributed by atoms with Crippen LogP contribution in [0.2, 0.25) is 0 Å². The predicted molar refractivity (Wildman–Crippen MR) is 140 cm³/mol. The Bertz CT molecular complexity index is 1400. The second-order valence-corrected chi connectivity index (χ2v) is 9.41. The van der Waals surface area contributed by atoms with Gasteiger partial charge in [-0.15, -0.1) is 0 Å². The van der Waals surface area contributed by atoms with Gasteiger partial charge in [0.2, 0.25) is 5.91 Å². The molecule has 0 saturated carbocycles. The third-order valence-corrected chi connectivity index (χ3v) is 6.54. The molecule has 7 heteroatoms. The molecule has 1 aliphatic rings. The molecule has 1 amide bonds. The fourth-order valence-corrected chi connectivity index (χ4v) is 5.05. The zero-order valence-electron chi connectivity index (χ0n) is 21.4. The van der Waals surface area contributed by atoms with Crippen molar-refractivity contribution in [2.75, 3.05) is 11.5 Å². The molecule has 0 aliphatic carbocycles. The van der Waals surface area contributed by atoms with Crippen molar-refractivity contribution in [3.8, 4) is 11.7 Å². The zero-order chi connectivity index (χ0) is 25.4. The van der Waals surface area contributed by atoms with Crippen molar-refractivity contribution in [3.05, 3.63) is 93.9 Å². The van der Waals surface area contributed by atoms with Gasteiger partial charge in [0, 0.05) is 29.3 Å². The van der Waals surface area contributed by atoms with E-state index in [1.54, 1.807) is 4.68 Å². The fraction of sp³-hybridized carbons (Fsp3) is 0.310. The summed E-state index contributed by atoms with van der Waals surface area (Å²) in [6.07, 6.45) is 0.368. The summed E-state index contributed by atoms with van der Waals surface area (Å²) in [6.45, 7) is 11.0. The van der Waals surface area contributed by atoms with Crippen molar-refractivity contribution in [2.45, 2.75) is 53.5 Å². The van der Waals surface area contributed by atoms with Crippen LogP contribution in [0, 0.1) is 27.7 Å². The maximum absolute atomic E-state index is 13.7. The lowest BCUT2D eigenvalue weighted by molar-refractivity contribution is -0.119. The molecule has 0 radical (unpaired) electrons. The summed E-state index contributed by atoms with van der Waals surface area (Å²) < 4.78 is 7.38. The molecule has 3 heterocycles. The fourth-order valence-electron chi connectivity index (χ4n) is 5.05.